The van der Waals surface area contributed by atoms with Gasteiger partial charge in [0.05, 0.1) is 38.0 Å². The van der Waals surface area contributed by atoms with Crippen LogP contribution in [0.5, 0.6) is 0 Å². The second-order valence-electron chi connectivity index (χ2n) is 14.1. The van der Waals surface area contributed by atoms with Crippen LogP contribution in [0.3, 0.4) is 0 Å². The van der Waals surface area contributed by atoms with E-state index in [0.717, 1.165) is 17.3 Å². The van der Waals surface area contributed by atoms with E-state index in [-0.39, 0.29) is 10.8 Å². The minimum Gasteiger partial charge on any atom is -0.326 e. The normalized spacial score (nSPS) is 27.9. The molecule has 0 aromatic heterocycles. The van der Waals surface area contributed by atoms with Crippen molar-refractivity contribution in [2.75, 3.05) is 27.2 Å². The number of hydrogen-bond donors (Lipinski definition) is 0. The van der Waals surface area contributed by atoms with Crippen LogP contribution in [0, 0.1) is 0 Å². The third-order valence-corrected chi connectivity index (χ3v) is 12.2. The van der Waals surface area contributed by atoms with Crippen LogP contribution in [0.1, 0.15) is 38.9 Å². The molecule has 0 amide bonds. The zero-order valence-electron chi connectivity index (χ0n) is 20.9. The second kappa shape index (κ2) is 4.25. The maximum atomic E-state index is 2.66. The van der Waals surface area contributed by atoms with E-state index in [1.54, 1.807) is 87.8 Å². The summed E-state index contributed by atoms with van der Waals surface area (Å²) in [7, 11) is 5.03. The molecule has 0 saturated carbocycles. The summed E-state index contributed by atoms with van der Waals surface area (Å²) in [5.74, 6) is 0. The lowest BCUT2D eigenvalue weighted by atomic mass is 9.49. The van der Waals surface area contributed by atoms with Gasteiger partial charge in [-0.15, -0.1) is 0 Å². The van der Waals surface area contributed by atoms with Gasteiger partial charge in [0.15, 0.2) is 0 Å². The molecule has 2 unspecified atom stereocenters. The number of likely N-dealkylation sites (N-methyl/N-ethyl adjacent to an activating group) is 1. The van der Waals surface area contributed by atoms with Crippen molar-refractivity contribution in [1.29, 1.82) is 0 Å². The largest absolute Gasteiger partial charge is 0.326 e. The average molecular weight is 469 g/mol. The minimum atomic E-state index is 0.0682. The first kappa shape index (κ1) is 16.9. The van der Waals surface area contributed by atoms with E-state index in [1.165, 1.54) is 34.8 Å². The van der Waals surface area contributed by atoms with E-state index in [4.69, 9.17) is 0 Å². The molecule has 6 aromatic rings. The first-order valence-electron chi connectivity index (χ1n) is 14.0. The summed E-state index contributed by atoms with van der Waals surface area (Å²) < 4.78 is 1.10. The molecule has 1 aliphatic heterocycles. The van der Waals surface area contributed by atoms with Gasteiger partial charge in [-0.3, -0.25) is 0 Å². The van der Waals surface area contributed by atoms with E-state index >= 15 is 0 Å². The van der Waals surface area contributed by atoms with Gasteiger partial charge in [-0.1, -0.05) is 48.5 Å². The monoisotopic (exact) mass is 468 g/mol. The zero-order chi connectivity index (χ0) is 23.5. The molecule has 1 saturated heterocycles. The van der Waals surface area contributed by atoms with Gasteiger partial charge < -0.3 is 4.48 Å². The van der Waals surface area contributed by atoms with Gasteiger partial charge in [0, 0.05) is 0 Å². The molecule has 6 aliphatic carbocycles. The average Bonchev–Trinajstić information content (AvgIpc) is 3.61. The van der Waals surface area contributed by atoms with Crippen LogP contribution in [0.15, 0.2) is 48.0 Å². The first-order chi connectivity index (χ1) is 18.0. The molecule has 2 atom stereocenters. The Morgan fingerprint density at radius 2 is 1.24 bits per heavy atom. The SMILES string of the molecule is C[N+]1(C)CC23C4=Cc5ccc6cc7c8c9c(c%10c%11c8c(cc8ccc%12cc(c2c-%10c%12c8%11)C4)C7)C3(C1)c5c69. The van der Waals surface area contributed by atoms with Crippen LogP contribution in [-0.4, -0.2) is 31.7 Å². The Kier molecular flexibility index (Phi) is 1.95. The van der Waals surface area contributed by atoms with E-state index in [9.17, 15) is 0 Å². The molecule has 170 valence electrons. The third kappa shape index (κ3) is 1.23. The molecule has 13 rings (SSSR count). The van der Waals surface area contributed by atoms with Crippen molar-refractivity contribution in [3.63, 3.8) is 0 Å². The van der Waals surface area contributed by atoms with Crippen molar-refractivity contribution in [2.24, 2.45) is 0 Å². The van der Waals surface area contributed by atoms with Crippen LogP contribution < -0.4 is 0 Å². The number of nitrogens with zero attached hydrogens (tertiary/aromatic N) is 1. The van der Waals surface area contributed by atoms with E-state index in [2.05, 4.69) is 62.6 Å². The van der Waals surface area contributed by atoms with Gasteiger partial charge in [0.2, 0.25) is 0 Å². The maximum Gasteiger partial charge on any atom is 0.0937 e. The standard InChI is InChI=1S/C36H22N/c1-37(2)13-35-22-11-18-6-5-17-8-20-10-19-7-15-3-4-16-9-21(12-22)33(35)30-24(16)23(15)28-25(19)26(20)29-27(17)32(18)36(35,14-37)34(29)31(28)30/h3-9,11H,10,12-14H2,1-2H3/q+1. The van der Waals surface area contributed by atoms with E-state index < -0.39 is 0 Å². The molecule has 6 aromatic carbocycles. The summed E-state index contributed by atoms with van der Waals surface area (Å²) in [5.41, 5.74) is 16.7. The molecule has 0 radical (unpaired) electrons. The van der Waals surface area contributed by atoms with Gasteiger partial charge in [0.1, 0.15) is 0 Å². The highest BCUT2D eigenvalue weighted by Crippen LogP contribution is 2.77. The Morgan fingerprint density at radius 1 is 0.568 bits per heavy atom. The van der Waals surface area contributed by atoms with Crippen LogP contribution >= 0.6 is 0 Å². The fourth-order valence-electron chi connectivity index (χ4n) is 11.9. The molecule has 1 fully saturated rings. The highest BCUT2D eigenvalue weighted by Gasteiger charge is 2.75. The lowest BCUT2D eigenvalue weighted by Gasteiger charge is -2.48. The van der Waals surface area contributed by atoms with Crippen molar-refractivity contribution in [1.82, 2.24) is 0 Å². The molecule has 7 aliphatic rings. The Bertz CT molecular complexity index is 2430. The van der Waals surface area contributed by atoms with Gasteiger partial charge in [-0.2, -0.15) is 0 Å². The fraction of sp³-hybridized carbons (Fsp3) is 0.222. The van der Waals surface area contributed by atoms with Gasteiger partial charge in [-0.05, 0) is 122 Å². The lowest BCUT2D eigenvalue weighted by Crippen LogP contribution is -2.52. The van der Waals surface area contributed by atoms with Gasteiger partial charge >= 0.3 is 0 Å². The van der Waals surface area contributed by atoms with Crippen molar-refractivity contribution >= 4 is 59.9 Å². The highest BCUT2D eigenvalue weighted by atomic mass is 15.4. The molecule has 2 spiro atoms. The minimum absolute atomic E-state index is 0.0682. The number of hydrogen-bond acceptors (Lipinski definition) is 0. The number of benzene rings is 6. The molecular formula is C36H22N+. The van der Waals surface area contributed by atoms with Crippen molar-refractivity contribution in [3.8, 4) is 11.1 Å². The summed E-state index contributed by atoms with van der Waals surface area (Å²) in [6.45, 7) is 2.43. The predicted molar refractivity (Wildman–Crippen MR) is 152 cm³/mol. The van der Waals surface area contributed by atoms with E-state index in [0.29, 0.717) is 0 Å². The number of rotatable bonds is 0. The van der Waals surface area contributed by atoms with Crippen LogP contribution in [-0.2, 0) is 23.7 Å². The molecule has 1 heterocycles. The zero-order valence-corrected chi connectivity index (χ0v) is 20.9. The Morgan fingerprint density at radius 3 is 2.11 bits per heavy atom. The summed E-state index contributed by atoms with van der Waals surface area (Å²) >= 11 is 0. The summed E-state index contributed by atoms with van der Waals surface area (Å²) in [6, 6.07) is 17.5. The Hall–Kier alpha value is -3.68. The molecule has 37 heavy (non-hydrogen) atoms. The summed E-state index contributed by atoms with van der Waals surface area (Å²) in [5, 5.41) is 15.7. The topological polar surface area (TPSA) is 0 Å². The summed E-state index contributed by atoms with van der Waals surface area (Å²) in [6.07, 6.45) is 4.87. The predicted octanol–water partition coefficient (Wildman–Crippen LogP) is 7.23. The maximum absolute atomic E-state index is 2.66. The van der Waals surface area contributed by atoms with Crippen molar-refractivity contribution in [2.45, 2.75) is 23.7 Å². The smallest absolute Gasteiger partial charge is 0.0937 e. The van der Waals surface area contributed by atoms with Crippen LogP contribution in [0.2, 0.25) is 0 Å². The Balaban J connectivity index is 1.52. The van der Waals surface area contributed by atoms with Gasteiger partial charge in [-0.25, -0.2) is 0 Å². The number of quaternary nitrogens is 1. The first-order valence-corrected chi connectivity index (χ1v) is 14.0. The molecule has 0 N–H and O–H groups in total. The molecule has 1 heteroatoms. The van der Waals surface area contributed by atoms with Gasteiger partial charge in [0.25, 0.3) is 0 Å². The summed E-state index contributed by atoms with van der Waals surface area (Å²) in [4.78, 5) is 0. The second-order valence-corrected chi connectivity index (χ2v) is 14.1. The Labute approximate surface area is 213 Å². The third-order valence-electron chi connectivity index (χ3n) is 12.2. The quantitative estimate of drug-likeness (QED) is 0.163. The van der Waals surface area contributed by atoms with Crippen molar-refractivity contribution < 1.29 is 4.48 Å². The van der Waals surface area contributed by atoms with E-state index in [1.807, 2.05) is 0 Å². The highest BCUT2D eigenvalue weighted by molar-refractivity contribution is 6.42. The number of likely N-dealkylation sites (tertiary alicyclic amines) is 1. The van der Waals surface area contributed by atoms with Crippen LogP contribution in [0.4, 0.5) is 0 Å². The van der Waals surface area contributed by atoms with Crippen molar-refractivity contribution in [3.05, 3.63) is 87.0 Å². The lowest BCUT2D eigenvalue weighted by molar-refractivity contribution is -0.880. The van der Waals surface area contributed by atoms with Crippen LogP contribution in [0.25, 0.3) is 71.1 Å². The molecular weight excluding hydrogens is 446 g/mol. The fourth-order valence-corrected chi connectivity index (χ4v) is 11.9. The molecule has 0 bridgehead atoms. The molecule has 1 nitrogen and oxygen atoms in total.